The number of rotatable bonds is 6. The van der Waals surface area contributed by atoms with Gasteiger partial charge in [0, 0.05) is 25.1 Å². The van der Waals surface area contributed by atoms with Gasteiger partial charge in [0.25, 0.3) is 5.91 Å². The molecule has 1 aliphatic heterocycles. The van der Waals surface area contributed by atoms with Crippen LogP contribution in [0.2, 0.25) is 0 Å². The Balaban J connectivity index is 1.78. The Labute approximate surface area is 158 Å². The Morgan fingerprint density at radius 2 is 2.19 bits per heavy atom. The third-order valence-electron chi connectivity index (χ3n) is 4.65. The molecule has 1 atom stereocenters. The summed E-state index contributed by atoms with van der Waals surface area (Å²) < 4.78 is 5.34. The monoisotopic (exact) mass is 368 g/mol. The lowest BCUT2D eigenvalue weighted by Gasteiger charge is -2.16. The van der Waals surface area contributed by atoms with Gasteiger partial charge in [-0.05, 0) is 31.0 Å². The van der Waals surface area contributed by atoms with E-state index in [0.717, 1.165) is 29.8 Å². The number of aryl methyl sites for hydroxylation is 1. The molecule has 0 radical (unpaired) electrons. The summed E-state index contributed by atoms with van der Waals surface area (Å²) in [7, 11) is 1.56. The second-order valence-corrected chi connectivity index (χ2v) is 6.64. The lowest BCUT2D eigenvalue weighted by Crippen LogP contribution is -2.37. The standard InChI is InChI=1S/C20H24N4O3/c1-4-8-24-11-16(10-17(24)25)23-19(26)15-7-5-6-14(9-15)18-13(2)21-12-22-20(18)27-3/h5-7,9,12,16H,4,8,10-11H2,1-3H3,(H,23,26). The minimum absolute atomic E-state index is 0.0951. The van der Waals surface area contributed by atoms with Crippen LogP contribution in [0, 0.1) is 6.92 Å². The van der Waals surface area contributed by atoms with Gasteiger partial charge in [0.15, 0.2) is 0 Å². The Hall–Kier alpha value is -2.96. The van der Waals surface area contributed by atoms with E-state index in [1.165, 1.54) is 6.33 Å². The highest BCUT2D eigenvalue weighted by molar-refractivity contribution is 5.96. The smallest absolute Gasteiger partial charge is 0.251 e. The molecule has 1 N–H and O–H groups in total. The Kier molecular flexibility index (Phi) is 5.69. The van der Waals surface area contributed by atoms with Crippen LogP contribution in [0.1, 0.15) is 35.8 Å². The SMILES string of the molecule is CCCN1CC(NC(=O)c2cccc(-c3c(C)ncnc3OC)c2)CC1=O. The number of amides is 2. The maximum atomic E-state index is 12.7. The van der Waals surface area contributed by atoms with Crippen molar-refractivity contribution in [1.82, 2.24) is 20.2 Å². The lowest BCUT2D eigenvalue weighted by molar-refractivity contribution is -0.127. The van der Waals surface area contributed by atoms with E-state index in [0.29, 0.717) is 24.4 Å². The van der Waals surface area contributed by atoms with Crippen LogP contribution in [-0.4, -0.2) is 52.9 Å². The second-order valence-electron chi connectivity index (χ2n) is 6.64. The first-order valence-corrected chi connectivity index (χ1v) is 9.08. The number of nitrogens with zero attached hydrogens (tertiary/aromatic N) is 3. The molecule has 142 valence electrons. The molecule has 2 amide bonds. The molecule has 0 saturated carbocycles. The van der Waals surface area contributed by atoms with Gasteiger partial charge in [-0.15, -0.1) is 0 Å². The van der Waals surface area contributed by atoms with Crippen LogP contribution in [0.3, 0.4) is 0 Å². The number of hydrogen-bond acceptors (Lipinski definition) is 5. The third kappa shape index (κ3) is 4.07. The number of nitrogens with one attached hydrogen (secondary N) is 1. The summed E-state index contributed by atoms with van der Waals surface area (Å²) in [6, 6.07) is 7.11. The minimum Gasteiger partial charge on any atom is -0.480 e. The number of methoxy groups -OCH3 is 1. The molecular weight excluding hydrogens is 344 g/mol. The highest BCUT2D eigenvalue weighted by Gasteiger charge is 2.30. The predicted octanol–water partition coefficient (Wildman–Crippen LogP) is 2.20. The van der Waals surface area contributed by atoms with Gasteiger partial charge in [0.1, 0.15) is 6.33 Å². The van der Waals surface area contributed by atoms with Crippen LogP contribution in [0.4, 0.5) is 0 Å². The average molecular weight is 368 g/mol. The van der Waals surface area contributed by atoms with Crippen molar-refractivity contribution in [2.45, 2.75) is 32.7 Å². The minimum atomic E-state index is -0.193. The van der Waals surface area contributed by atoms with Crippen molar-refractivity contribution in [3.8, 4) is 17.0 Å². The molecule has 1 aromatic carbocycles. The van der Waals surface area contributed by atoms with Crippen LogP contribution < -0.4 is 10.1 Å². The number of aromatic nitrogens is 2. The zero-order chi connectivity index (χ0) is 19.4. The first-order chi connectivity index (χ1) is 13.0. The normalized spacial score (nSPS) is 16.5. The summed E-state index contributed by atoms with van der Waals surface area (Å²) in [4.78, 5) is 34.9. The summed E-state index contributed by atoms with van der Waals surface area (Å²) in [5, 5.41) is 2.97. The summed E-state index contributed by atoms with van der Waals surface area (Å²) in [5.41, 5.74) is 2.88. The van der Waals surface area contributed by atoms with Crippen molar-refractivity contribution in [2.75, 3.05) is 20.2 Å². The van der Waals surface area contributed by atoms with Crippen molar-refractivity contribution in [3.05, 3.63) is 41.9 Å². The van der Waals surface area contributed by atoms with E-state index in [9.17, 15) is 9.59 Å². The van der Waals surface area contributed by atoms with Crippen molar-refractivity contribution in [3.63, 3.8) is 0 Å². The van der Waals surface area contributed by atoms with Gasteiger partial charge in [0.05, 0.1) is 24.4 Å². The topological polar surface area (TPSA) is 84.4 Å². The van der Waals surface area contributed by atoms with Crippen LogP contribution in [0.5, 0.6) is 5.88 Å². The van der Waals surface area contributed by atoms with E-state index in [1.54, 1.807) is 24.1 Å². The second kappa shape index (κ2) is 8.16. The van der Waals surface area contributed by atoms with Crippen LogP contribution in [-0.2, 0) is 4.79 Å². The van der Waals surface area contributed by atoms with Gasteiger partial charge in [-0.1, -0.05) is 19.1 Å². The molecule has 2 aromatic rings. The zero-order valence-corrected chi connectivity index (χ0v) is 15.9. The number of carbonyl (C=O) groups is 2. The van der Waals surface area contributed by atoms with E-state index in [1.807, 2.05) is 26.0 Å². The largest absolute Gasteiger partial charge is 0.480 e. The lowest BCUT2D eigenvalue weighted by atomic mass is 10.0. The van der Waals surface area contributed by atoms with Crippen LogP contribution in [0.15, 0.2) is 30.6 Å². The highest BCUT2D eigenvalue weighted by atomic mass is 16.5. The number of ether oxygens (including phenoxy) is 1. The predicted molar refractivity (Wildman–Crippen MR) is 101 cm³/mol. The van der Waals surface area contributed by atoms with Gasteiger partial charge in [0.2, 0.25) is 11.8 Å². The fraction of sp³-hybridized carbons (Fsp3) is 0.400. The van der Waals surface area contributed by atoms with Gasteiger partial charge in [-0.2, -0.15) is 0 Å². The molecule has 3 rings (SSSR count). The Morgan fingerprint density at radius 1 is 1.37 bits per heavy atom. The number of likely N-dealkylation sites (tertiary alicyclic amines) is 1. The molecule has 0 bridgehead atoms. The fourth-order valence-electron chi connectivity index (χ4n) is 3.38. The molecular formula is C20H24N4O3. The fourth-order valence-corrected chi connectivity index (χ4v) is 3.38. The highest BCUT2D eigenvalue weighted by Crippen LogP contribution is 2.30. The van der Waals surface area contributed by atoms with Crippen molar-refractivity contribution < 1.29 is 14.3 Å². The summed E-state index contributed by atoms with van der Waals surface area (Å²) >= 11 is 0. The van der Waals surface area contributed by atoms with E-state index in [2.05, 4.69) is 15.3 Å². The number of carbonyl (C=O) groups excluding carboxylic acids is 2. The Bertz CT molecular complexity index is 853. The molecule has 7 heteroatoms. The van der Waals surface area contributed by atoms with Gasteiger partial charge >= 0.3 is 0 Å². The zero-order valence-electron chi connectivity index (χ0n) is 15.9. The Morgan fingerprint density at radius 3 is 2.93 bits per heavy atom. The maximum absolute atomic E-state index is 12.7. The van der Waals surface area contributed by atoms with Crippen molar-refractivity contribution >= 4 is 11.8 Å². The maximum Gasteiger partial charge on any atom is 0.251 e. The molecule has 0 spiro atoms. The number of benzene rings is 1. The first kappa shape index (κ1) is 18.8. The van der Waals surface area contributed by atoms with E-state index < -0.39 is 0 Å². The van der Waals surface area contributed by atoms with Crippen LogP contribution in [0.25, 0.3) is 11.1 Å². The molecule has 1 aliphatic rings. The van der Waals surface area contributed by atoms with E-state index >= 15 is 0 Å². The third-order valence-corrected chi connectivity index (χ3v) is 4.65. The molecule has 7 nitrogen and oxygen atoms in total. The summed E-state index contributed by atoms with van der Waals surface area (Å²) in [5.74, 6) is 0.371. The average Bonchev–Trinajstić information content (AvgIpc) is 3.00. The molecule has 2 heterocycles. The van der Waals surface area contributed by atoms with Crippen LogP contribution >= 0.6 is 0 Å². The molecule has 1 fully saturated rings. The molecule has 0 aliphatic carbocycles. The van der Waals surface area contributed by atoms with Crippen molar-refractivity contribution in [1.29, 1.82) is 0 Å². The molecule has 1 unspecified atom stereocenters. The molecule has 1 aromatic heterocycles. The molecule has 27 heavy (non-hydrogen) atoms. The van der Waals surface area contributed by atoms with E-state index in [4.69, 9.17) is 4.74 Å². The molecule has 1 saturated heterocycles. The van der Waals surface area contributed by atoms with Gasteiger partial charge < -0.3 is 15.0 Å². The first-order valence-electron chi connectivity index (χ1n) is 9.08. The van der Waals surface area contributed by atoms with E-state index in [-0.39, 0.29) is 17.9 Å². The number of hydrogen-bond donors (Lipinski definition) is 1. The summed E-state index contributed by atoms with van der Waals surface area (Å²) in [6.45, 7) is 5.21. The van der Waals surface area contributed by atoms with Gasteiger partial charge in [-0.3, -0.25) is 9.59 Å². The quantitative estimate of drug-likeness (QED) is 0.845. The van der Waals surface area contributed by atoms with Gasteiger partial charge in [-0.25, -0.2) is 9.97 Å². The van der Waals surface area contributed by atoms with Crippen molar-refractivity contribution in [2.24, 2.45) is 0 Å². The summed E-state index contributed by atoms with van der Waals surface area (Å²) in [6.07, 6.45) is 2.72.